The van der Waals surface area contributed by atoms with Gasteiger partial charge in [0.25, 0.3) is 5.91 Å². The number of hydrogen-bond acceptors (Lipinski definition) is 2. The number of amides is 2. The normalized spacial score (nSPS) is 14.6. The minimum absolute atomic E-state index is 0.000552. The summed E-state index contributed by atoms with van der Waals surface area (Å²) in [5.74, 6) is -0.0417. The summed E-state index contributed by atoms with van der Waals surface area (Å²) < 4.78 is 0. The SMILES string of the molecule is Cc1cccc(-c2ccc(NC(=O)C3CCN(C(=O)c4ccc[nH]4)CC3)cc2)c1. The average molecular weight is 387 g/mol. The van der Waals surface area contributed by atoms with E-state index in [1.54, 1.807) is 12.3 Å². The molecule has 0 spiro atoms. The highest BCUT2D eigenvalue weighted by Crippen LogP contribution is 2.24. The summed E-state index contributed by atoms with van der Waals surface area (Å²) in [5, 5.41) is 3.02. The molecule has 148 valence electrons. The van der Waals surface area contributed by atoms with Crippen molar-refractivity contribution in [2.24, 2.45) is 5.92 Å². The van der Waals surface area contributed by atoms with Gasteiger partial charge in [0.1, 0.15) is 5.69 Å². The van der Waals surface area contributed by atoms with Gasteiger partial charge in [-0.2, -0.15) is 0 Å². The lowest BCUT2D eigenvalue weighted by Crippen LogP contribution is -2.41. The summed E-state index contributed by atoms with van der Waals surface area (Å²) in [5.41, 5.74) is 4.92. The van der Waals surface area contributed by atoms with E-state index < -0.39 is 0 Å². The molecule has 1 saturated heterocycles. The van der Waals surface area contributed by atoms with Crippen molar-refractivity contribution in [3.8, 4) is 11.1 Å². The van der Waals surface area contributed by atoms with E-state index in [-0.39, 0.29) is 17.7 Å². The number of aromatic nitrogens is 1. The van der Waals surface area contributed by atoms with Crippen LogP contribution in [0.1, 0.15) is 28.9 Å². The van der Waals surface area contributed by atoms with Gasteiger partial charge in [-0.3, -0.25) is 9.59 Å². The molecule has 5 nitrogen and oxygen atoms in total. The predicted octanol–water partition coefficient (Wildman–Crippen LogP) is 4.48. The van der Waals surface area contributed by atoms with Crippen molar-refractivity contribution in [1.82, 2.24) is 9.88 Å². The zero-order chi connectivity index (χ0) is 20.2. The molecular formula is C24H25N3O2. The summed E-state index contributed by atoms with van der Waals surface area (Å²) in [7, 11) is 0. The number of aryl methyl sites for hydroxylation is 1. The topological polar surface area (TPSA) is 65.2 Å². The van der Waals surface area contributed by atoms with Crippen molar-refractivity contribution in [2.45, 2.75) is 19.8 Å². The van der Waals surface area contributed by atoms with Crippen molar-refractivity contribution in [2.75, 3.05) is 18.4 Å². The standard InChI is InChI=1S/C24H25N3O2/c1-17-4-2-5-20(16-17)18-7-9-21(10-8-18)26-23(28)19-11-14-27(15-12-19)24(29)22-6-3-13-25-22/h2-10,13,16,19,25H,11-12,14-15H2,1H3,(H,26,28). The molecule has 2 amide bonds. The van der Waals surface area contributed by atoms with Crippen LogP contribution in [0.25, 0.3) is 11.1 Å². The minimum Gasteiger partial charge on any atom is -0.357 e. The molecule has 2 aromatic carbocycles. The van der Waals surface area contributed by atoms with Gasteiger partial charge in [0.15, 0.2) is 0 Å². The second-order valence-electron chi connectivity index (χ2n) is 7.59. The number of benzene rings is 2. The molecule has 2 heterocycles. The third kappa shape index (κ3) is 4.40. The molecular weight excluding hydrogens is 362 g/mol. The van der Waals surface area contributed by atoms with Crippen molar-refractivity contribution in [1.29, 1.82) is 0 Å². The van der Waals surface area contributed by atoms with Gasteiger partial charge in [-0.05, 0) is 55.2 Å². The third-order valence-corrected chi connectivity index (χ3v) is 5.49. The number of nitrogens with one attached hydrogen (secondary N) is 2. The number of piperidine rings is 1. The zero-order valence-corrected chi connectivity index (χ0v) is 16.5. The van der Waals surface area contributed by atoms with Crippen molar-refractivity contribution in [3.63, 3.8) is 0 Å². The largest absolute Gasteiger partial charge is 0.357 e. The van der Waals surface area contributed by atoms with E-state index in [0.29, 0.717) is 31.6 Å². The smallest absolute Gasteiger partial charge is 0.270 e. The molecule has 1 aliphatic rings. The van der Waals surface area contributed by atoms with Crippen LogP contribution in [0.15, 0.2) is 66.9 Å². The Kier molecular flexibility index (Phi) is 5.47. The van der Waals surface area contributed by atoms with Crippen LogP contribution in [0.3, 0.4) is 0 Å². The molecule has 1 aliphatic heterocycles. The van der Waals surface area contributed by atoms with Crippen molar-refractivity contribution >= 4 is 17.5 Å². The lowest BCUT2D eigenvalue weighted by atomic mass is 9.95. The second-order valence-corrected chi connectivity index (χ2v) is 7.59. The molecule has 0 radical (unpaired) electrons. The molecule has 0 unspecified atom stereocenters. The number of aromatic amines is 1. The number of anilines is 1. The maximum Gasteiger partial charge on any atom is 0.270 e. The summed E-state index contributed by atoms with van der Waals surface area (Å²) in [6, 6.07) is 19.9. The molecule has 0 bridgehead atoms. The lowest BCUT2D eigenvalue weighted by Gasteiger charge is -2.31. The van der Waals surface area contributed by atoms with Crippen molar-refractivity contribution < 1.29 is 9.59 Å². The van der Waals surface area contributed by atoms with E-state index in [9.17, 15) is 9.59 Å². The fourth-order valence-electron chi connectivity index (χ4n) is 3.79. The molecule has 5 heteroatoms. The molecule has 2 N–H and O–H groups in total. The van der Waals surface area contributed by atoms with Gasteiger partial charge < -0.3 is 15.2 Å². The van der Waals surface area contributed by atoms with Crippen LogP contribution in [-0.4, -0.2) is 34.8 Å². The van der Waals surface area contributed by atoms with Crippen LogP contribution in [0.5, 0.6) is 0 Å². The quantitative estimate of drug-likeness (QED) is 0.693. The second kappa shape index (κ2) is 8.35. The first-order valence-electron chi connectivity index (χ1n) is 10.0. The number of hydrogen-bond donors (Lipinski definition) is 2. The monoisotopic (exact) mass is 387 g/mol. The average Bonchev–Trinajstić information content (AvgIpc) is 3.29. The molecule has 1 fully saturated rings. The fourth-order valence-corrected chi connectivity index (χ4v) is 3.79. The summed E-state index contributed by atoms with van der Waals surface area (Å²) in [6.45, 7) is 3.28. The lowest BCUT2D eigenvalue weighted by molar-refractivity contribution is -0.121. The summed E-state index contributed by atoms with van der Waals surface area (Å²) in [6.07, 6.45) is 3.11. The summed E-state index contributed by atoms with van der Waals surface area (Å²) in [4.78, 5) is 29.8. The first kappa shape index (κ1) is 19.0. The molecule has 29 heavy (non-hydrogen) atoms. The Morgan fingerprint density at radius 3 is 2.38 bits per heavy atom. The van der Waals surface area contributed by atoms with Crippen LogP contribution in [0, 0.1) is 12.8 Å². The molecule has 1 aromatic heterocycles. The van der Waals surface area contributed by atoms with Gasteiger partial charge in [-0.25, -0.2) is 0 Å². The fraction of sp³-hybridized carbons (Fsp3) is 0.250. The zero-order valence-electron chi connectivity index (χ0n) is 16.5. The minimum atomic E-state index is -0.0702. The number of carbonyl (C=O) groups is 2. The van der Waals surface area contributed by atoms with Gasteiger partial charge in [0.05, 0.1) is 0 Å². The van der Waals surface area contributed by atoms with Crippen LogP contribution in [0.2, 0.25) is 0 Å². The first-order chi connectivity index (χ1) is 14.1. The van der Waals surface area contributed by atoms with Crippen molar-refractivity contribution in [3.05, 3.63) is 78.1 Å². The third-order valence-electron chi connectivity index (χ3n) is 5.49. The number of nitrogens with zero attached hydrogens (tertiary/aromatic N) is 1. The Labute approximate surface area is 170 Å². The number of rotatable bonds is 4. The van der Waals surface area contributed by atoms with Gasteiger partial charge >= 0.3 is 0 Å². The molecule has 0 atom stereocenters. The predicted molar refractivity (Wildman–Crippen MR) is 115 cm³/mol. The molecule has 0 saturated carbocycles. The number of carbonyl (C=O) groups excluding carboxylic acids is 2. The Hall–Kier alpha value is -3.34. The highest BCUT2D eigenvalue weighted by atomic mass is 16.2. The van der Waals surface area contributed by atoms with E-state index >= 15 is 0 Å². The van der Waals surface area contributed by atoms with Gasteiger partial charge in [-0.1, -0.05) is 42.0 Å². The Morgan fingerprint density at radius 1 is 0.966 bits per heavy atom. The van der Waals surface area contributed by atoms with E-state index in [1.807, 2.05) is 41.3 Å². The molecule has 3 aromatic rings. The Morgan fingerprint density at radius 2 is 1.72 bits per heavy atom. The molecule has 0 aliphatic carbocycles. The van der Waals surface area contributed by atoms with E-state index in [2.05, 4.69) is 35.4 Å². The van der Waals surface area contributed by atoms with Gasteiger partial charge in [0, 0.05) is 30.9 Å². The Bertz CT molecular complexity index is 985. The highest BCUT2D eigenvalue weighted by Gasteiger charge is 2.28. The summed E-state index contributed by atoms with van der Waals surface area (Å²) >= 11 is 0. The van der Waals surface area contributed by atoms with Crippen LogP contribution < -0.4 is 5.32 Å². The first-order valence-corrected chi connectivity index (χ1v) is 10.0. The van der Waals surface area contributed by atoms with Crippen LogP contribution in [-0.2, 0) is 4.79 Å². The maximum absolute atomic E-state index is 12.7. The van der Waals surface area contributed by atoms with Crippen LogP contribution in [0.4, 0.5) is 5.69 Å². The van der Waals surface area contributed by atoms with Crippen LogP contribution >= 0.6 is 0 Å². The number of likely N-dealkylation sites (tertiary alicyclic amines) is 1. The molecule has 4 rings (SSSR count). The van der Waals surface area contributed by atoms with E-state index in [4.69, 9.17) is 0 Å². The van der Waals surface area contributed by atoms with E-state index in [1.165, 1.54) is 11.1 Å². The van der Waals surface area contributed by atoms with E-state index in [0.717, 1.165) is 11.3 Å². The Balaban J connectivity index is 1.32. The maximum atomic E-state index is 12.7. The van der Waals surface area contributed by atoms with Gasteiger partial charge in [0.2, 0.25) is 5.91 Å². The highest BCUT2D eigenvalue weighted by molar-refractivity contribution is 5.94. The van der Waals surface area contributed by atoms with Gasteiger partial charge in [-0.15, -0.1) is 0 Å². The number of H-pyrrole nitrogens is 1.